The number of methoxy groups -OCH3 is 1. The van der Waals surface area contributed by atoms with Gasteiger partial charge in [-0.3, -0.25) is 0 Å². The van der Waals surface area contributed by atoms with Crippen molar-refractivity contribution in [2.45, 2.75) is 13.0 Å². The number of nitrogens with zero attached hydrogens (tertiary/aromatic N) is 1. The molecule has 0 aliphatic carbocycles. The Kier molecular flexibility index (Phi) is 5.48. The molecule has 21 heavy (non-hydrogen) atoms. The molecule has 0 aliphatic heterocycles. The molecule has 2 rings (SSSR count). The van der Waals surface area contributed by atoms with Crippen molar-refractivity contribution in [2.24, 2.45) is 5.73 Å². The highest BCUT2D eigenvalue weighted by molar-refractivity contribution is 6.33. The van der Waals surface area contributed by atoms with Crippen molar-refractivity contribution in [3.8, 4) is 5.75 Å². The van der Waals surface area contributed by atoms with Crippen molar-refractivity contribution in [1.82, 2.24) is 0 Å². The smallest absolute Gasteiger partial charge is 0.119 e. The normalized spacial score (nSPS) is 10.5. The number of hydrogen-bond acceptors (Lipinski definition) is 3. The first-order valence-electron chi connectivity index (χ1n) is 6.97. The second-order valence-electron chi connectivity index (χ2n) is 4.99. The minimum Gasteiger partial charge on any atom is -0.497 e. The zero-order valence-corrected chi connectivity index (χ0v) is 13.2. The van der Waals surface area contributed by atoms with Crippen molar-refractivity contribution in [2.75, 3.05) is 25.6 Å². The monoisotopic (exact) mass is 304 g/mol. The topological polar surface area (TPSA) is 38.5 Å². The molecule has 2 aromatic rings. The third kappa shape index (κ3) is 3.90. The standard InChI is InChI=1S/C17H21ClN2O/c1-20(12-13-5-3-7-15(11-13)21-2)17-14(9-10-19)6-4-8-16(17)18/h3-8,11H,9-10,12,19H2,1-2H3. The van der Waals surface area contributed by atoms with Crippen LogP contribution in [-0.4, -0.2) is 20.7 Å². The molecule has 0 aliphatic rings. The van der Waals surface area contributed by atoms with Crippen molar-refractivity contribution in [3.63, 3.8) is 0 Å². The first-order chi connectivity index (χ1) is 10.2. The highest BCUT2D eigenvalue weighted by Gasteiger charge is 2.12. The van der Waals surface area contributed by atoms with Gasteiger partial charge in [-0.2, -0.15) is 0 Å². The van der Waals surface area contributed by atoms with Crippen LogP contribution in [-0.2, 0) is 13.0 Å². The van der Waals surface area contributed by atoms with Crippen LogP contribution in [0.25, 0.3) is 0 Å². The van der Waals surface area contributed by atoms with E-state index in [4.69, 9.17) is 22.1 Å². The van der Waals surface area contributed by atoms with E-state index in [-0.39, 0.29) is 0 Å². The molecule has 0 unspecified atom stereocenters. The Bertz CT molecular complexity index is 601. The highest BCUT2D eigenvalue weighted by Crippen LogP contribution is 2.30. The van der Waals surface area contributed by atoms with Crippen molar-refractivity contribution >= 4 is 17.3 Å². The van der Waals surface area contributed by atoms with Gasteiger partial charge in [-0.05, 0) is 42.3 Å². The molecule has 0 aromatic heterocycles. The first kappa shape index (κ1) is 15.7. The Morgan fingerprint density at radius 1 is 1.19 bits per heavy atom. The lowest BCUT2D eigenvalue weighted by Crippen LogP contribution is -2.19. The van der Waals surface area contributed by atoms with Gasteiger partial charge in [-0.15, -0.1) is 0 Å². The number of para-hydroxylation sites is 1. The second kappa shape index (κ2) is 7.34. The van der Waals surface area contributed by atoms with Gasteiger partial charge in [0.2, 0.25) is 0 Å². The summed E-state index contributed by atoms with van der Waals surface area (Å²) >= 11 is 6.38. The zero-order chi connectivity index (χ0) is 15.2. The van der Waals surface area contributed by atoms with E-state index in [1.54, 1.807) is 7.11 Å². The summed E-state index contributed by atoms with van der Waals surface area (Å²) in [7, 11) is 3.72. The molecule has 112 valence electrons. The highest BCUT2D eigenvalue weighted by atomic mass is 35.5. The average Bonchev–Trinajstić information content (AvgIpc) is 2.47. The fourth-order valence-electron chi connectivity index (χ4n) is 2.47. The van der Waals surface area contributed by atoms with Crippen molar-refractivity contribution in [3.05, 3.63) is 58.6 Å². The predicted molar refractivity (Wildman–Crippen MR) is 89.3 cm³/mol. The van der Waals surface area contributed by atoms with E-state index in [1.165, 1.54) is 11.1 Å². The molecule has 0 atom stereocenters. The molecule has 4 heteroatoms. The molecule has 0 radical (unpaired) electrons. The summed E-state index contributed by atoms with van der Waals surface area (Å²) in [4.78, 5) is 2.15. The summed E-state index contributed by atoms with van der Waals surface area (Å²) in [6.07, 6.45) is 0.818. The van der Waals surface area contributed by atoms with Gasteiger partial charge in [0.25, 0.3) is 0 Å². The van der Waals surface area contributed by atoms with Gasteiger partial charge in [-0.25, -0.2) is 0 Å². The van der Waals surface area contributed by atoms with E-state index in [1.807, 2.05) is 37.4 Å². The largest absolute Gasteiger partial charge is 0.497 e. The maximum absolute atomic E-state index is 6.38. The molecule has 0 saturated carbocycles. The average molecular weight is 305 g/mol. The van der Waals surface area contributed by atoms with Crippen LogP contribution in [0.1, 0.15) is 11.1 Å². The van der Waals surface area contributed by atoms with Crippen LogP contribution >= 0.6 is 11.6 Å². The van der Waals surface area contributed by atoms with E-state index >= 15 is 0 Å². The van der Waals surface area contributed by atoms with Gasteiger partial charge in [0.05, 0.1) is 17.8 Å². The minimum atomic E-state index is 0.611. The fourth-order valence-corrected chi connectivity index (χ4v) is 2.81. The van der Waals surface area contributed by atoms with E-state index < -0.39 is 0 Å². The van der Waals surface area contributed by atoms with Crippen LogP contribution in [0.3, 0.4) is 0 Å². The van der Waals surface area contributed by atoms with Gasteiger partial charge < -0.3 is 15.4 Å². The molecule has 0 spiro atoms. The summed E-state index contributed by atoms with van der Waals surface area (Å²) in [6, 6.07) is 14.0. The number of hydrogen-bond donors (Lipinski definition) is 1. The summed E-state index contributed by atoms with van der Waals surface area (Å²) in [5.74, 6) is 0.863. The van der Waals surface area contributed by atoms with Gasteiger partial charge >= 0.3 is 0 Å². The van der Waals surface area contributed by atoms with Crippen molar-refractivity contribution in [1.29, 1.82) is 0 Å². The summed E-state index contributed by atoms with van der Waals surface area (Å²) in [5.41, 5.74) is 9.09. The van der Waals surface area contributed by atoms with Crippen LogP contribution in [0.5, 0.6) is 5.75 Å². The number of anilines is 1. The third-order valence-electron chi connectivity index (χ3n) is 3.42. The molecule has 0 amide bonds. The Labute approximate surface area is 131 Å². The lowest BCUT2D eigenvalue weighted by Gasteiger charge is -2.24. The molecular weight excluding hydrogens is 284 g/mol. The molecule has 2 N–H and O–H groups in total. The first-order valence-corrected chi connectivity index (χ1v) is 7.35. The zero-order valence-electron chi connectivity index (χ0n) is 12.5. The SMILES string of the molecule is COc1cccc(CN(C)c2c(Cl)cccc2CCN)c1. The van der Waals surface area contributed by atoms with E-state index in [0.717, 1.165) is 29.4 Å². The second-order valence-corrected chi connectivity index (χ2v) is 5.40. The molecule has 0 saturated heterocycles. The molecule has 2 aromatic carbocycles. The van der Waals surface area contributed by atoms with Crippen LogP contribution in [0.4, 0.5) is 5.69 Å². The van der Waals surface area contributed by atoms with Gasteiger partial charge in [0.1, 0.15) is 5.75 Å². The molecule has 3 nitrogen and oxygen atoms in total. The summed E-state index contributed by atoms with van der Waals surface area (Å²) < 4.78 is 5.27. The molecule has 0 fully saturated rings. The van der Waals surface area contributed by atoms with Gasteiger partial charge in [0, 0.05) is 13.6 Å². The maximum atomic E-state index is 6.38. The number of benzene rings is 2. The van der Waals surface area contributed by atoms with Crippen LogP contribution in [0.2, 0.25) is 5.02 Å². The number of rotatable bonds is 6. The van der Waals surface area contributed by atoms with Gasteiger partial charge in [0.15, 0.2) is 0 Å². The fraction of sp³-hybridized carbons (Fsp3) is 0.294. The Morgan fingerprint density at radius 3 is 2.67 bits per heavy atom. The van der Waals surface area contributed by atoms with Crippen LogP contribution in [0.15, 0.2) is 42.5 Å². The maximum Gasteiger partial charge on any atom is 0.119 e. The van der Waals surface area contributed by atoms with Crippen LogP contribution in [0, 0.1) is 0 Å². The summed E-state index contributed by atoms with van der Waals surface area (Å²) in [5, 5.41) is 0.756. The number of halogens is 1. The van der Waals surface area contributed by atoms with E-state index in [9.17, 15) is 0 Å². The Hall–Kier alpha value is -1.71. The Morgan fingerprint density at radius 2 is 1.95 bits per heavy atom. The lowest BCUT2D eigenvalue weighted by molar-refractivity contribution is 0.414. The van der Waals surface area contributed by atoms with Crippen molar-refractivity contribution < 1.29 is 4.74 Å². The molecule has 0 heterocycles. The minimum absolute atomic E-state index is 0.611. The molecular formula is C17H21ClN2O. The number of ether oxygens (including phenoxy) is 1. The Balaban J connectivity index is 2.25. The lowest BCUT2D eigenvalue weighted by atomic mass is 10.1. The van der Waals surface area contributed by atoms with E-state index in [0.29, 0.717) is 6.54 Å². The number of nitrogens with two attached hydrogens (primary N) is 1. The molecule has 0 bridgehead atoms. The van der Waals surface area contributed by atoms with Gasteiger partial charge in [-0.1, -0.05) is 35.9 Å². The quantitative estimate of drug-likeness (QED) is 0.888. The van der Waals surface area contributed by atoms with Crippen LogP contribution < -0.4 is 15.4 Å². The summed E-state index contributed by atoms with van der Waals surface area (Å²) in [6.45, 7) is 1.37. The van der Waals surface area contributed by atoms with E-state index in [2.05, 4.69) is 17.0 Å². The predicted octanol–water partition coefficient (Wildman–Crippen LogP) is 3.49. The third-order valence-corrected chi connectivity index (χ3v) is 3.72.